The predicted molar refractivity (Wildman–Crippen MR) is 83.3 cm³/mol. The maximum Gasteiger partial charge on any atom is 0.179 e. The fraction of sp³-hybridized carbons (Fsp3) is 0.500. The van der Waals surface area contributed by atoms with Crippen LogP contribution in [0.15, 0.2) is 22.7 Å². The minimum Gasteiger partial charge on any atom is -0.382 e. The van der Waals surface area contributed by atoms with Gasteiger partial charge in [0, 0.05) is 21.8 Å². The van der Waals surface area contributed by atoms with Gasteiger partial charge in [0.15, 0.2) is 5.78 Å². The average Bonchev–Trinajstić information content (AvgIpc) is 2.42. The number of halogens is 2. The number of anilines is 1. The summed E-state index contributed by atoms with van der Waals surface area (Å²) < 4.78 is 0.898. The lowest BCUT2D eigenvalue weighted by Crippen LogP contribution is -2.37. The molecule has 0 saturated carbocycles. The molecule has 0 bridgehead atoms. The molecule has 0 radical (unpaired) electrons. The number of nitrogens with zero attached hydrogens (tertiary/aromatic N) is 1. The molecule has 1 heterocycles. The number of benzene rings is 1. The van der Waals surface area contributed by atoms with Crippen molar-refractivity contribution in [3.63, 3.8) is 0 Å². The van der Waals surface area contributed by atoms with Crippen molar-refractivity contribution in [3.8, 4) is 0 Å². The van der Waals surface area contributed by atoms with E-state index in [1.807, 2.05) is 18.2 Å². The van der Waals surface area contributed by atoms with Crippen molar-refractivity contribution in [2.45, 2.75) is 18.9 Å². The van der Waals surface area contributed by atoms with Crippen LogP contribution in [0.1, 0.15) is 23.2 Å². The van der Waals surface area contributed by atoms with Gasteiger partial charge in [-0.2, -0.15) is 0 Å². The Kier molecular flexibility index (Phi) is 5.25. The van der Waals surface area contributed by atoms with Crippen molar-refractivity contribution >= 4 is 39.0 Å². The number of likely N-dealkylation sites (tertiary alicyclic amines) is 1. The van der Waals surface area contributed by atoms with Gasteiger partial charge in [-0.05, 0) is 51.2 Å². The quantitative estimate of drug-likeness (QED) is 0.671. The van der Waals surface area contributed by atoms with Gasteiger partial charge >= 0.3 is 0 Å². The molecular weight excluding hydrogens is 328 g/mol. The third kappa shape index (κ3) is 3.94. The lowest BCUT2D eigenvalue weighted by atomic mass is 10.0. The number of Topliss-reactive ketones (excluding diaryl/α,β-unsaturated/α-hetero) is 1. The summed E-state index contributed by atoms with van der Waals surface area (Å²) in [6.45, 7) is 2.18. The van der Waals surface area contributed by atoms with Gasteiger partial charge in [-0.25, -0.2) is 0 Å². The Balaban J connectivity index is 2.13. The molecule has 2 rings (SSSR count). The standard InChI is InChI=1S/C14H18BrClN2O/c1-18-6-4-11(5-7-18)17-13-3-2-10(15)8-12(13)14(19)9-16/h2-3,8,11,17H,4-7,9H2,1H3. The molecule has 1 saturated heterocycles. The Morgan fingerprint density at radius 1 is 1.47 bits per heavy atom. The zero-order valence-electron chi connectivity index (χ0n) is 11.0. The van der Waals surface area contributed by atoms with Crippen LogP contribution in [-0.4, -0.2) is 42.7 Å². The normalized spacial score (nSPS) is 17.4. The van der Waals surface area contributed by atoms with E-state index in [0.717, 1.165) is 36.1 Å². The third-order valence-corrected chi connectivity index (χ3v) is 4.22. The highest BCUT2D eigenvalue weighted by Crippen LogP contribution is 2.24. The summed E-state index contributed by atoms with van der Waals surface area (Å²) in [6, 6.07) is 6.16. The fourth-order valence-electron chi connectivity index (χ4n) is 2.32. The van der Waals surface area contributed by atoms with Crippen molar-refractivity contribution in [1.29, 1.82) is 0 Å². The second kappa shape index (κ2) is 6.73. The van der Waals surface area contributed by atoms with E-state index in [2.05, 4.69) is 33.2 Å². The molecule has 0 atom stereocenters. The van der Waals surface area contributed by atoms with Crippen molar-refractivity contribution in [1.82, 2.24) is 4.90 Å². The molecule has 1 aromatic carbocycles. The van der Waals surface area contributed by atoms with Gasteiger partial charge in [0.25, 0.3) is 0 Å². The molecule has 3 nitrogen and oxygen atoms in total. The number of nitrogens with one attached hydrogen (secondary N) is 1. The Morgan fingerprint density at radius 2 is 2.16 bits per heavy atom. The highest BCUT2D eigenvalue weighted by Gasteiger charge is 2.19. The van der Waals surface area contributed by atoms with Crippen molar-refractivity contribution < 1.29 is 4.79 Å². The van der Waals surface area contributed by atoms with Gasteiger partial charge < -0.3 is 10.2 Å². The van der Waals surface area contributed by atoms with E-state index < -0.39 is 0 Å². The van der Waals surface area contributed by atoms with Crippen molar-refractivity contribution in [2.75, 3.05) is 31.3 Å². The molecule has 0 aliphatic carbocycles. The summed E-state index contributed by atoms with van der Waals surface area (Å²) in [6.07, 6.45) is 2.20. The summed E-state index contributed by atoms with van der Waals surface area (Å²) in [5.41, 5.74) is 1.56. The predicted octanol–water partition coefficient (Wildman–Crippen LogP) is 3.38. The number of rotatable bonds is 4. The van der Waals surface area contributed by atoms with E-state index in [0.29, 0.717) is 11.6 Å². The topological polar surface area (TPSA) is 32.3 Å². The monoisotopic (exact) mass is 344 g/mol. The largest absolute Gasteiger partial charge is 0.382 e. The lowest BCUT2D eigenvalue weighted by molar-refractivity contribution is 0.102. The summed E-state index contributed by atoms with van der Waals surface area (Å²) in [4.78, 5) is 14.2. The smallest absolute Gasteiger partial charge is 0.179 e. The van der Waals surface area contributed by atoms with Gasteiger partial charge in [-0.3, -0.25) is 4.79 Å². The number of ketones is 1. The number of carbonyl (C=O) groups is 1. The highest BCUT2D eigenvalue weighted by molar-refractivity contribution is 9.10. The van der Waals surface area contributed by atoms with Crippen LogP contribution in [0.3, 0.4) is 0 Å². The van der Waals surface area contributed by atoms with Gasteiger partial charge in [0.05, 0.1) is 5.88 Å². The van der Waals surface area contributed by atoms with E-state index in [-0.39, 0.29) is 11.7 Å². The van der Waals surface area contributed by atoms with Crippen molar-refractivity contribution in [2.24, 2.45) is 0 Å². The van der Waals surface area contributed by atoms with Crippen LogP contribution < -0.4 is 5.32 Å². The van der Waals surface area contributed by atoms with E-state index >= 15 is 0 Å². The molecule has 0 aromatic heterocycles. The van der Waals surface area contributed by atoms with Gasteiger partial charge in [0.2, 0.25) is 0 Å². The summed E-state index contributed by atoms with van der Waals surface area (Å²) >= 11 is 9.07. The molecule has 1 aromatic rings. The first-order valence-electron chi connectivity index (χ1n) is 6.44. The minimum atomic E-state index is -0.0432. The van der Waals surface area contributed by atoms with Crippen LogP contribution >= 0.6 is 27.5 Å². The Morgan fingerprint density at radius 3 is 2.79 bits per heavy atom. The number of carbonyl (C=O) groups excluding carboxylic acids is 1. The molecule has 104 valence electrons. The fourth-order valence-corrected chi connectivity index (χ4v) is 2.82. The number of alkyl halides is 1. The van der Waals surface area contributed by atoms with Gasteiger partial charge in [-0.1, -0.05) is 15.9 Å². The number of hydrogen-bond acceptors (Lipinski definition) is 3. The Bertz CT molecular complexity index is 459. The average molecular weight is 346 g/mol. The highest BCUT2D eigenvalue weighted by atomic mass is 79.9. The zero-order chi connectivity index (χ0) is 13.8. The van der Waals surface area contributed by atoms with Crippen LogP contribution in [0.5, 0.6) is 0 Å². The van der Waals surface area contributed by atoms with Gasteiger partial charge in [-0.15, -0.1) is 11.6 Å². The summed E-state index contributed by atoms with van der Waals surface area (Å²) in [7, 11) is 2.14. The molecule has 19 heavy (non-hydrogen) atoms. The number of piperidine rings is 1. The first-order valence-corrected chi connectivity index (χ1v) is 7.76. The summed E-state index contributed by atoms with van der Waals surface area (Å²) in [5.74, 6) is -0.0307. The molecule has 0 unspecified atom stereocenters. The second-order valence-corrected chi connectivity index (χ2v) is 6.15. The molecule has 1 aliphatic rings. The molecule has 1 aliphatic heterocycles. The van der Waals surface area contributed by atoms with Crippen LogP contribution in [0, 0.1) is 0 Å². The van der Waals surface area contributed by atoms with E-state index in [9.17, 15) is 4.79 Å². The van der Waals surface area contributed by atoms with E-state index in [4.69, 9.17) is 11.6 Å². The minimum absolute atomic E-state index is 0.0124. The first kappa shape index (κ1) is 14.8. The SMILES string of the molecule is CN1CCC(Nc2ccc(Br)cc2C(=O)CCl)CC1. The Hall–Kier alpha value is -0.580. The Labute approximate surface area is 127 Å². The van der Waals surface area contributed by atoms with Crippen LogP contribution in [0.2, 0.25) is 0 Å². The molecule has 0 amide bonds. The van der Waals surface area contributed by atoms with Crippen LogP contribution in [0.4, 0.5) is 5.69 Å². The van der Waals surface area contributed by atoms with E-state index in [1.54, 1.807) is 0 Å². The zero-order valence-corrected chi connectivity index (χ0v) is 13.3. The van der Waals surface area contributed by atoms with Crippen molar-refractivity contribution in [3.05, 3.63) is 28.2 Å². The molecule has 5 heteroatoms. The third-order valence-electron chi connectivity index (χ3n) is 3.48. The summed E-state index contributed by atoms with van der Waals surface area (Å²) in [5, 5.41) is 3.49. The molecular formula is C14H18BrClN2O. The number of hydrogen-bond donors (Lipinski definition) is 1. The maximum absolute atomic E-state index is 11.9. The van der Waals surface area contributed by atoms with Gasteiger partial charge in [0.1, 0.15) is 0 Å². The second-order valence-electron chi connectivity index (χ2n) is 4.97. The lowest BCUT2D eigenvalue weighted by Gasteiger charge is -2.30. The molecule has 1 fully saturated rings. The van der Waals surface area contributed by atoms with Crippen LogP contribution in [-0.2, 0) is 0 Å². The van der Waals surface area contributed by atoms with E-state index in [1.165, 1.54) is 0 Å². The molecule has 0 spiro atoms. The van der Waals surface area contributed by atoms with Crippen LogP contribution in [0.25, 0.3) is 0 Å². The molecule has 1 N–H and O–H groups in total. The maximum atomic E-state index is 11.9. The first-order chi connectivity index (χ1) is 9.10.